The Balaban J connectivity index is 1.45. The predicted molar refractivity (Wildman–Crippen MR) is 109 cm³/mol. The average molecular weight is 388 g/mol. The Hall–Kier alpha value is -3.68. The zero-order valence-corrected chi connectivity index (χ0v) is 15.9. The predicted octanol–water partition coefficient (Wildman–Crippen LogP) is 3.11. The molecule has 0 radical (unpaired) electrons. The molecule has 0 aliphatic heterocycles. The van der Waals surface area contributed by atoms with E-state index in [-0.39, 0.29) is 17.5 Å². The van der Waals surface area contributed by atoms with Gasteiger partial charge in [0.1, 0.15) is 5.52 Å². The van der Waals surface area contributed by atoms with Crippen LogP contribution in [0.5, 0.6) is 0 Å². The Kier molecular flexibility index (Phi) is 4.04. The summed E-state index contributed by atoms with van der Waals surface area (Å²) in [7, 11) is 0. The van der Waals surface area contributed by atoms with Crippen molar-refractivity contribution in [2.75, 3.05) is 12.3 Å². The molecule has 5 rings (SSSR count). The molecule has 8 heteroatoms. The summed E-state index contributed by atoms with van der Waals surface area (Å²) in [5.41, 5.74) is 10.0. The van der Waals surface area contributed by atoms with Gasteiger partial charge in [-0.25, -0.2) is 9.67 Å². The number of fused-ring (bicyclic) bond motifs is 1. The van der Waals surface area contributed by atoms with E-state index >= 15 is 0 Å². The number of nitrogens with one attached hydrogen (secondary N) is 1. The highest BCUT2D eigenvalue weighted by Gasteiger charge is 2.23. The number of aromatic nitrogens is 4. The number of carbonyl (C=O) groups is 1. The van der Waals surface area contributed by atoms with Crippen molar-refractivity contribution in [1.82, 2.24) is 25.1 Å². The van der Waals surface area contributed by atoms with Crippen LogP contribution in [0.15, 0.2) is 47.1 Å². The summed E-state index contributed by atoms with van der Waals surface area (Å²) in [5.74, 6) is 0.983. The molecular formula is C21H20N6O2. The molecule has 0 unspecified atom stereocenters. The Morgan fingerprint density at radius 3 is 2.93 bits per heavy atom. The summed E-state index contributed by atoms with van der Waals surface area (Å²) < 4.78 is 7.16. The van der Waals surface area contributed by atoms with E-state index in [0.717, 1.165) is 24.0 Å². The number of hydrogen-bond donors (Lipinski definition) is 2. The standard InChI is InChI=1S/C21H20N6O2/c1-12-3-2-4-14(7-12)15-10-24-27(11-15)21-25-16-8-17(29-18(16)19(22)26-21)20(28)23-9-13-5-6-13/h2-4,7-8,10-11,13H,5-6,9H2,1H3,(H,23,28)(H2,22,25,26). The first-order valence-corrected chi connectivity index (χ1v) is 9.54. The van der Waals surface area contributed by atoms with Crippen LogP contribution in [-0.2, 0) is 0 Å². The molecule has 3 aromatic heterocycles. The molecule has 4 aromatic rings. The number of rotatable bonds is 5. The summed E-state index contributed by atoms with van der Waals surface area (Å²) in [6.45, 7) is 2.71. The van der Waals surface area contributed by atoms with Crippen LogP contribution in [0, 0.1) is 12.8 Å². The Morgan fingerprint density at radius 2 is 2.14 bits per heavy atom. The summed E-state index contributed by atoms with van der Waals surface area (Å²) in [4.78, 5) is 21.1. The third kappa shape index (κ3) is 3.44. The van der Waals surface area contributed by atoms with E-state index in [2.05, 4.69) is 26.4 Å². The molecule has 1 fully saturated rings. The van der Waals surface area contributed by atoms with Gasteiger partial charge in [0.05, 0.1) is 6.20 Å². The fourth-order valence-electron chi connectivity index (χ4n) is 3.21. The highest BCUT2D eigenvalue weighted by Crippen LogP contribution is 2.28. The molecule has 0 spiro atoms. The minimum absolute atomic E-state index is 0.166. The van der Waals surface area contributed by atoms with Gasteiger partial charge in [-0.1, -0.05) is 29.8 Å². The zero-order chi connectivity index (χ0) is 20.0. The van der Waals surface area contributed by atoms with Crippen molar-refractivity contribution in [3.63, 3.8) is 0 Å². The molecule has 8 nitrogen and oxygen atoms in total. The van der Waals surface area contributed by atoms with E-state index in [0.29, 0.717) is 29.5 Å². The van der Waals surface area contributed by atoms with Gasteiger partial charge in [0, 0.05) is 24.4 Å². The number of nitrogens with zero attached hydrogens (tertiary/aromatic N) is 4. The lowest BCUT2D eigenvalue weighted by atomic mass is 10.1. The molecule has 146 valence electrons. The van der Waals surface area contributed by atoms with Crippen molar-refractivity contribution in [2.24, 2.45) is 5.92 Å². The molecular weight excluding hydrogens is 368 g/mol. The molecule has 3 heterocycles. The lowest BCUT2D eigenvalue weighted by molar-refractivity contribution is 0.0926. The Morgan fingerprint density at radius 1 is 1.28 bits per heavy atom. The highest BCUT2D eigenvalue weighted by molar-refractivity contribution is 5.97. The smallest absolute Gasteiger partial charge is 0.287 e. The fraction of sp³-hybridized carbons (Fsp3) is 0.238. The van der Waals surface area contributed by atoms with Gasteiger partial charge in [-0.05, 0) is 31.2 Å². The number of anilines is 1. The van der Waals surface area contributed by atoms with Gasteiger partial charge in [-0.2, -0.15) is 10.1 Å². The molecule has 1 aliphatic carbocycles. The molecule has 0 bridgehead atoms. The molecule has 1 aromatic carbocycles. The second-order valence-electron chi connectivity index (χ2n) is 7.43. The maximum Gasteiger partial charge on any atom is 0.287 e. The summed E-state index contributed by atoms with van der Waals surface area (Å²) in [6, 6.07) is 9.74. The van der Waals surface area contributed by atoms with E-state index in [1.807, 2.05) is 31.3 Å². The largest absolute Gasteiger partial charge is 0.445 e. The maximum atomic E-state index is 12.3. The minimum atomic E-state index is -0.267. The van der Waals surface area contributed by atoms with Gasteiger partial charge in [-0.15, -0.1) is 0 Å². The third-order valence-electron chi connectivity index (χ3n) is 5.00. The number of amides is 1. The molecule has 29 heavy (non-hydrogen) atoms. The van der Waals surface area contributed by atoms with Crippen LogP contribution < -0.4 is 11.1 Å². The summed E-state index contributed by atoms with van der Waals surface area (Å²) in [5, 5.41) is 7.24. The normalized spacial score (nSPS) is 13.7. The van der Waals surface area contributed by atoms with Crippen molar-refractivity contribution in [3.8, 4) is 17.1 Å². The van der Waals surface area contributed by atoms with Crippen LogP contribution in [0.3, 0.4) is 0 Å². The zero-order valence-electron chi connectivity index (χ0n) is 15.9. The van der Waals surface area contributed by atoms with Crippen LogP contribution >= 0.6 is 0 Å². The number of nitrogens with two attached hydrogens (primary N) is 1. The van der Waals surface area contributed by atoms with E-state index in [9.17, 15) is 4.79 Å². The minimum Gasteiger partial charge on any atom is -0.445 e. The highest BCUT2D eigenvalue weighted by atomic mass is 16.3. The van der Waals surface area contributed by atoms with Crippen molar-refractivity contribution >= 4 is 22.8 Å². The van der Waals surface area contributed by atoms with Crippen LogP contribution in [0.1, 0.15) is 29.0 Å². The first kappa shape index (κ1) is 17.4. The van der Waals surface area contributed by atoms with E-state index < -0.39 is 0 Å². The Labute approximate surface area is 166 Å². The second-order valence-corrected chi connectivity index (χ2v) is 7.43. The van der Waals surface area contributed by atoms with Crippen molar-refractivity contribution < 1.29 is 9.21 Å². The monoisotopic (exact) mass is 388 g/mol. The van der Waals surface area contributed by atoms with Crippen LogP contribution in [-0.4, -0.2) is 32.2 Å². The molecule has 0 atom stereocenters. The molecule has 1 saturated carbocycles. The van der Waals surface area contributed by atoms with Gasteiger partial charge in [0.25, 0.3) is 11.9 Å². The fourth-order valence-corrected chi connectivity index (χ4v) is 3.21. The molecule has 0 saturated heterocycles. The summed E-state index contributed by atoms with van der Waals surface area (Å²) >= 11 is 0. The molecule has 1 aliphatic rings. The van der Waals surface area contributed by atoms with Gasteiger partial charge in [0.15, 0.2) is 17.2 Å². The van der Waals surface area contributed by atoms with Gasteiger partial charge >= 0.3 is 0 Å². The quantitative estimate of drug-likeness (QED) is 0.543. The number of nitrogen functional groups attached to an aromatic ring is 1. The SMILES string of the molecule is Cc1cccc(-c2cnn(-c3nc(N)c4oc(C(=O)NCC5CC5)cc4n3)c2)c1. The lowest BCUT2D eigenvalue weighted by Gasteiger charge is -2.01. The number of aryl methyl sites for hydroxylation is 1. The van der Waals surface area contributed by atoms with Crippen LogP contribution in [0.2, 0.25) is 0 Å². The van der Waals surface area contributed by atoms with Crippen molar-refractivity contribution in [1.29, 1.82) is 0 Å². The Bertz CT molecular complexity index is 1220. The first-order chi connectivity index (χ1) is 14.1. The molecule has 3 N–H and O–H groups in total. The lowest BCUT2D eigenvalue weighted by Crippen LogP contribution is -2.24. The first-order valence-electron chi connectivity index (χ1n) is 9.54. The number of carbonyl (C=O) groups excluding carboxylic acids is 1. The van der Waals surface area contributed by atoms with Crippen LogP contribution in [0.4, 0.5) is 5.82 Å². The van der Waals surface area contributed by atoms with Gasteiger partial charge in [0.2, 0.25) is 0 Å². The third-order valence-corrected chi connectivity index (χ3v) is 5.00. The molecule has 1 amide bonds. The number of furan rings is 1. The van der Waals surface area contributed by atoms with Gasteiger partial charge in [-0.3, -0.25) is 4.79 Å². The average Bonchev–Trinajstić information content (AvgIpc) is 3.22. The second kappa shape index (κ2) is 6.73. The number of benzene rings is 1. The maximum absolute atomic E-state index is 12.3. The van der Waals surface area contributed by atoms with E-state index in [1.54, 1.807) is 16.9 Å². The van der Waals surface area contributed by atoms with E-state index in [4.69, 9.17) is 10.2 Å². The summed E-state index contributed by atoms with van der Waals surface area (Å²) in [6.07, 6.45) is 5.93. The van der Waals surface area contributed by atoms with Crippen molar-refractivity contribution in [2.45, 2.75) is 19.8 Å². The van der Waals surface area contributed by atoms with Crippen LogP contribution in [0.25, 0.3) is 28.2 Å². The van der Waals surface area contributed by atoms with E-state index in [1.165, 1.54) is 5.56 Å². The topological polar surface area (TPSA) is 112 Å². The van der Waals surface area contributed by atoms with Crippen molar-refractivity contribution in [3.05, 3.63) is 54.0 Å². The van der Waals surface area contributed by atoms with Gasteiger partial charge < -0.3 is 15.5 Å². The number of hydrogen-bond acceptors (Lipinski definition) is 6.